The van der Waals surface area contributed by atoms with Crippen molar-refractivity contribution in [2.45, 2.75) is 24.4 Å². The lowest BCUT2D eigenvalue weighted by atomic mass is 10.1. The fourth-order valence-corrected chi connectivity index (χ4v) is 4.36. The number of amides is 1. The van der Waals surface area contributed by atoms with Gasteiger partial charge in [0.15, 0.2) is 0 Å². The summed E-state index contributed by atoms with van der Waals surface area (Å²) in [4.78, 5) is 23.9. The summed E-state index contributed by atoms with van der Waals surface area (Å²) in [6, 6.07) is 11.3. The largest absolute Gasteiger partial charge is 0.497 e. The van der Waals surface area contributed by atoms with Gasteiger partial charge >= 0.3 is 12.1 Å². The summed E-state index contributed by atoms with van der Waals surface area (Å²) in [7, 11) is -2.35. The van der Waals surface area contributed by atoms with E-state index in [-0.39, 0.29) is 10.8 Å². The minimum atomic E-state index is -5.08. The highest BCUT2D eigenvalue weighted by molar-refractivity contribution is 7.92. The summed E-state index contributed by atoms with van der Waals surface area (Å²) in [5.41, 5.74) is 1.59. The highest BCUT2D eigenvalue weighted by Crippen LogP contribution is 2.27. The van der Waals surface area contributed by atoms with Gasteiger partial charge in [0.1, 0.15) is 5.75 Å². The lowest BCUT2D eigenvalue weighted by molar-refractivity contribution is -0.192. The van der Waals surface area contributed by atoms with Crippen LogP contribution in [0.15, 0.2) is 47.4 Å². The number of hydrogen-bond acceptors (Lipinski definition) is 7. The summed E-state index contributed by atoms with van der Waals surface area (Å²) in [6.07, 6.45) is -4.27. The Morgan fingerprint density at radius 3 is 2.35 bits per heavy atom. The second kappa shape index (κ2) is 13.1. The summed E-state index contributed by atoms with van der Waals surface area (Å²) in [6.45, 7) is 5.77. The molecule has 0 aromatic heterocycles. The molecule has 1 saturated heterocycles. The number of aliphatic carboxylic acids is 1. The highest BCUT2D eigenvalue weighted by Gasteiger charge is 2.38. The molecule has 2 aromatic carbocycles. The van der Waals surface area contributed by atoms with Crippen LogP contribution in [-0.2, 0) is 14.8 Å². The molecule has 0 spiro atoms. The molecule has 1 aliphatic heterocycles. The van der Waals surface area contributed by atoms with Crippen LogP contribution in [0.2, 0.25) is 0 Å². The maximum Gasteiger partial charge on any atom is 0.490 e. The molecule has 0 bridgehead atoms. The molecule has 4 N–H and O–H groups in total. The number of hydrogen-bond donors (Lipinski definition) is 4. The number of carbonyl (C=O) groups excluding carboxylic acids is 1. The monoisotopic (exact) mass is 546 g/mol. The van der Waals surface area contributed by atoms with Crippen molar-refractivity contribution < 1.29 is 41.0 Å². The summed E-state index contributed by atoms with van der Waals surface area (Å²) in [5, 5.41) is 13.3. The molecule has 0 unspecified atom stereocenters. The quantitative estimate of drug-likeness (QED) is 0.397. The van der Waals surface area contributed by atoms with Crippen molar-refractivity contribution in [2.75, 3.05) is 49.5 Å². The molecule has 0 atom stereocenters. The molecule has 1 heterocycles. The van der Waals surface area contributed by atoms with Gasteiger partial charge in [0.2, 0.25) is 0 Å². The van der Waals surface area contributed by atoms with E-state index in [1.807, 2.05) is 6.92 Å². The predicted molar refractivity (Wildman–Crippen MR) is 132 cm³/mol. The Hall–Kier alpha value is -3.52. The number of piperazine rings is 1. The molecule has 0 aliphatic carbocycles. The van der Waals surface area contributed by atoms with E-state index >= 15 is 0 Å². The van der Waals surface area contributed by atoms with Gasteiger partial charge in [-0.25, -0.2) is 13.2 Å². The minimum Gasteiger partial charge on any atom is -0.497 e. The van der Waals surface area contributed by atoms with E-state index in [2.05, 4.69) is 20.3 Å². The first kappa shape index (κ1) is 29.7. The summed E-state index contributed by atoms with van der Waals surface area (Å²) < 4.78 is 65.1. The Kier molecular flexibility index (Phi) is 10.6. The number of carboxylic acid groups (broad SMARTS) is 1. The van der Waals surface area contributed by atoms with E-state index < -0.39 is 22.2 Å². The molecule has 3 rings (SSSR count). The molecule has 1 amide bonds. The van der Waals surface area contributed by atoms with Crippen LogP contribution in [0.3, 0.4) is 0 Å². The van der Waals surface area contributed by atoms with E-state index in [1.165, 1.54) is 19.2 Å². The van der Waals surface area contributed by atoms with Crippen LogP contribution in [0.25, 0.3) is 0 Å². The van der Waals surface area contributed by atoms with Gasteiger partial charge < -0.3 is 25.4 Å². The van der Waals surface area contributed by atoms with E-state index in [9.17, 15) is 26.4 Å². The number of anilines is 2. The van der Waals surface area contributed by atoms with Crippen molar-refractivity contribution in [3.05, 3.63) is 48.0 Å². The maximum atomic E-state index is 12.8. The molecule has 37 heavy (non-hydrogen) atoms. The number of ether oxygens (including phenoxy) is 1. The fraction of sp³-hybridized carbons (Fsp3) is 0.391. The Morgan fingerprint density at radius 2 is 1.78 bits per heavy atom. The van der Waals surface area contributed by atoms with E-state index in [0.29, 0.717) is 23.5 Å². The van der Waals surface area contributed by atoms with Crippen molar-refractivity contribution in [1.82, 2.24) is 10.6 Å². The van der Waals surface area contributed by atoms with Crippen molar-refractivity contribution in [3.63, 3.8) is 0 Å². The molecule has 0 radical (unpaired) electrons. The van der Waals surface area contributed by atoms with Crippen LogP contribution in [0.5, 0.6) is 5.75 Å². The Bertz CT molecular complexity index is 1190. The number of nitrogens with zero attached hydrogens (tertiary/aromatic N) is 1. The molecular weight excluding hydrogens is 517 g/mol. The molecule has 204 valence electrons. The standard InChI is InChI=1S/C21H28N4O4S.C2HF3O2/c1-3-9-23-21(26)19-14-16(7-8-20(19)25-12-10-22-11-13-25)24-30(27,28)18-6-4-5-17(15-18)29-2;3-2(4,5)1(6)7/h4-8,14-15,22,24H,3,9-13H2,1-2H3,(H,23,26);(H,6,7). The van der Waals surface area contributed by atoms with Gasteiger partial charge in [0, 0.05) is 50.2 Å². The van der Waals surface area contributed by atoms with Gasteiger partial charge in [0.05, 0.1) is 17.6 Å². The molecule has 2 aromatic rings. The zero-order valence-electron chi connectivity index (χ0n) is 20.3. The van der Waals surface area contributed by atoms with Crippen LogP contribution in [0, 0.1) is 0 Å². The van der Waals surface area contributed by atoms with Crippen LogP contribution < -0.4 is 25.0 Å². The third-order valence-electron chi connectivity index (χ3n) is 5.08. The zero-order chi connectivity index (χ0) is 27.6. The fourth-order valence-electron chi connectivity index (χ4n) is 3.28. The molecular formula is C23H29F3N4O6S. The lowest BCUT2D eigenvalue weighted by Crippen LogP contribution is -2.44. The van der Waals surface area contributed by atoms with Gasteiger partial charge in [0.25, 0.3) is 15.9 Å². The average Bonchev–Trinajstić information content (AvgIpc) is 2.87. The molecule has 14 heteroatoms. The SMILES string of the molecule is CCCNC(=O)c1cc(NS(=O)(=O)c2cccc(OC)c2)ccc1N1CCNCC1.O=C(O)C(F)(F)F. The third-order valence-corrected chi connectivity index (χ3v) is 6.46. The lowest BCUT2D eigenvalue weighted by Gasteiger charge is -2.31. The number of halogens is 3. The molecule has 0 saturated carbocycles. The van der Waals surface area contributed by atoms with Crippen LogP contribution in [0.4, 0.5) is 24.5 Å². The van der Waals surface area contributed by atoms with E-state index in [4.69, 9.17) is 14.6 Å². The van der Waals surface area contributed by atoms with Gasteiger partial charge in [-0.05, 0) is 36.8 Å². The van der Waals surface area contributed by atoms with Crippen LogP contribution in [0.1, 0.15) is 23.7 Å². The predicted octanol–water partition coefficient (Wildman–Crippen LogP) is 2.68. The first-order chi connectivity index (χ1) is 17.4. The van der Waals surface area contributed by atoms with Crippen molar-refractivity contribution in [2.24, 2.45) is 0 Å². The number of nitrogens with one attached hydrogen (secondary N) is 3. The molecule has 1 aliphatic rings. The number of alkyl halides is 3. The van der Waals surface area contributed by atoms with Gasteiger partial charge in [-0.2, -0.15) is 13.2 Å². The number of carbonyl (C=O) groups is 2. The summed E-state index contributed by atoms with van der Waals surface area (Å²) >= 11 is 0. The number of benzene rings is 2. The minimum absolute atomic E-state index is 0.0880. The number of sulfonamides is 1. The zero-order valence-corrected chi connectivity index (χ0v) is 21.1. The molecule has 1 fully saturated rings. The van der Waals surface area contributed by atoms with Crippen molar-refractivity contribution in [3.8, 4) is 5.75 Å². The summed E-state index contributed by atoms with van der Waals surface area (Å²) in [5.74, 6) is -2.52. The van der Waals surface area contributed by atoms with Gasteiger partial charge in [-0.3, -0.25) is 9.52 Å². The highest BCUT2D eigenvalue weighted by atomic mass is 32.2. The number of carboxylic acids is 1. The van der Waals surface area contributed by atoms with Crippen molar-refractivity contribution in [1.29, 1.82) is 0 Å². The van der Waals surface area contributed by atoms with Crippen molar-refractivity contribution >= 4 is 33.3 Å². The normalized spacial score (nSPS) is 13.7. The number of methoxy groups -OCH3 is 1. The smallest absolute Gasteiger partial charge is 0.490 e. The molecule has 10 nitrogen and oxygen atoms in total. The Labute approximate surface area is 212 Å². The third kappa shape index (κ3) is 8.82. The topological polar surface area (TPSA) is 137 Å². The van der Waals surface area contributed by atoms with Crippen LogP contribution >= 0.6 is 0 Å². The first-order valence-electron chi connectivity index (χ1n) is 11.2. The second-order valence-corrected chi connectivity index (χ2v) is 9.49. The Morgan fingerprint density at radius 1 is 1.14 bits per heavy atom. The Balaban J connectivity index is 0.000000604. The maximum absolute atomic E-state index is 12.8. The first-order valence-corrected chi connectivity index (χ1v) is 12.7. The van der Waals surface area contributed by atoms with E-state index in [0.717, 1.165) is 38.3 Å². The second-order valence-electron chi connectivity index (χ2n) is 7.81. The van der Waals surface area contributed by atoms with E-state index in [1.54, 1.807) is 30.3 Å². The van der Waals surface area contributed by atoms with Crippen LogP contribution in [-0.4, -0.2) is 71.4 Å². The number of rotatable bonds is 8. The average molecular weight is 547 g/mol. The van der Waals surface area contributed by atoms with Gasteiger partial charge in [-0.15, -0.1) is 0 Å². The van der Waals surface area contributed by atoms with Gasteiger partial charge in [-0.1, -0.05) is 13.0 Å².